The van der Waals surface area contributed by atoms with E-state index < -0.39 is 0 Å². The predicted octanol–water partition coefficient (Wildman–Crippen LogP) is -0.712. The molecule has 0 atom stereocenters. The number of piperazine rings is 1. The maximum Gasteiger partial charge on any atom is 0.254 e. The summed E-state index contributed by atoms with van der Waals surface area (Å²) in [6.45, 7) is 8.49. The van der Waals surface area contributed by atoms with E-state index in [-0.39, 0.29) is 5.91 Å². The Balaban J connectivity index is 1.35. The number of ether oxygens (including phenoxy) is 5. The number of carbonyl (C=O) groups is 2. The standard InChI is InChI=1S/C22H37N5O7/c28-7-1-8-30-10-12-32-14-16-34-17-15-33-13-11-31-9-4-24-21(29)20-18-25-22(26-19-20)27-5-2-23-3-6-27/h7,18-19,23H,1-6,8-17H2,(H,24,29). The second-order valence-electron chi connectivity index (χ2n) is 7.28. The summed E-state index contributed by atoms with van der Waals surface area (Å²) < 4.78 is 26.8. The fourth-order valence-corrected chi connectivity index (χ4v) is 2.92. The van der Waals surface area contributed by atoms with Crippen molar-refractivity contribution < 1.29 is 33.3 Å². The Morgan fingerprint density at radius 2 is 1.35 bits per heavy atom. The van der Waals surface area contributed by atoms with Crippen LogP contribution in [0.15, 0.2) is 12.4 Å². The van der Waals surface area contributed by atoms with Crippen LogP contribution in [0.1, 0.15) is 16.8 Å². The van der Waals surface area contributed by atoms with Crippen LogP contribution in [0.25, 0.3) is 0 Å². The minimum Gasteiger partial charge on any atom is -0.379 e. The van der Waals surface area contributed by atoms with Crippen LogP contribution in [-0.4, -0.2) is 121 Å². The zero-order valence-corrected chi connectivity index (χ0v) is 19.7. The van der Waals surface area contributed by atoms with E-state index in [0.29, 0.717) is 90.5 Å². The summed E-state index contributed by atoms with van der Waals surface area (Å²) in [5, 5.41) is 6.07. The second kappa shape index (κ2) is 19.1. The summed E-state index contributed by atoms with van der Waals surface area (Å²) in [6, 6.07) is 0. The molecule has 1 aliphatic heterocycles. The third kappa shape index (κ3) is 12.9. The highest BCUT2D eigenvalue weighted by atomic mass is 16.6. The van der Waals surface area contributed by atoms with Gasteiger partial charge in [0.05, 0.1) is 71.6 Å². The Morgan fingerprint density at radius 3 is 1.88 bits per heavy atom. The zero-order valence-electron chi connectivity index (χ0n) is 19.7. The molecular weight excluding hydrogens is 446 g/mol. The van der Waals surface area contributed by atoms with Gasteiger partial charge >= 0.3 is 0 Å². The molecule has 192 valence electrons. The van der Waals surface area contributed by atoms with Crippen LogP contribution in [-0.2, 0) is 28.5 Å². The smallest absolute Gasteiger partial charge is 0.254 e. The first-order valence-corrected chi connectivity index (χ1v) is 11.7. The predicted molar refractivity (Wildman–Crippen MR) is 124 cm³/mol. The van der Waals surface area contributed by atoms with Crippen LogP contribution in [0.2, 0.25) is 0 Å². The van der Waals surface area contributed by atoms with E-state index in [4.69, 9.17) is 23.7 Å². The minimum atomic E-state index is -0.224. The molecule has 2 rings (SSSR count). The summed E-state index contributed by atoms with van der Waals surface area (Å²) in [4.78, 5) is 33.0. The zero-order chi connectivity index (χ0) is 24.1. The normalized spacial score (nSPS) is 13.7. The third-order valence-electron chi connectivity index (χ3n) is 4.70. The van der Waals surface area contributed by atoms with Crippen molar-refractivity contribution in [3.8, 4) is 0 Å². The lowest BCUT2D eigenvalue weighted by Gasteiger charge is -2.27. The van der Waals surface area contributed by atoms with Gasteiger partial charge in [0.2, 0.25) is 5.95 Å². The van der Waals surface area contributed by atoms with Crippen LogP contribution in [0.3, 0.4) is 0 Å². The van der Waals surface area contributed by atoms with E-state index in [1.54, 1.807) is 12.4 Å². The first-order chi connectivity index (χ1) is 16.8. The highest BCUT2D eigenvalue weighted by Crippen LogP contribution is 2.07. The van der Waals surface area contributed by atoms with E-state index in [2.05, 4.69) is 25.5 Å². The van der Waals surface area contributed by atoms with Gasteiger partial charge in [-0.05, 0) is 0 Å². The Kier molecular flexibility index (Phi) is 15.8. The van der Waals surface area contributed by atoms with E-state index >= 15 is 0 Å². The molecule has 1 aliphatic rings. The van der Waals surface area contributed by atoms with Gasteiger partial charge in [-0.2, -0.15) is 0 Å². The highest BCUT2D eigenvalue weighted by Gasteiger charge is 2.14. The summed E-state index contributed by atoms with van der Waals surface area (Å²) in [7, 11) is 0. The summed E-state index contributed by atoms with van der Waals surface area (Å²) in [6.07, 6.45) is 4.34. The van der Waals surface area contributed by atoms with Crippen LogP contribution in [0.4, 0.5) is 5.95 Å². The Hall–Kier alpha value is -2.22. The molecule has 1 fully saturated rings. The van der Waals surface area contributed by atoms with Gasteiger partial charge in [0.1, 0.15) is 6.29 Å². The van der Waals surface area contributed by atoms with Crippen molar-refractivity contribution in [1.82, 2.24) is 20.6 Å². The number of carbonyl (C=O) groups excluding carboxylic acids is 2. The van der Waals surface area contributed by atoms with Crippen molar-refractivity contribution in [2.45, 2.75) is 6.42 Å². The van der Waals surface area contributed by atoms with Gasteiger partial charge in [0.25, 0.3) is 5.91 Å². The molecule has 0 aromatic carbocycles. The molecule has 12 nitrogen and oxygen atoms in total. The van der Waals surface area contributed by atoms with Gasteiger partial charge in [-0.25, -0.2) is 9.97 Å². The van der Waals surface area contributed by atoms with Crippen molar-refractivity contribution >= 4 is 18.1 Å². The molecule has 2 N–H and O–H groups in total. The Morgan fingerprint density at radius 1 is 0.853 bits per heavy atom. The van der Waals surface area contributed by atoms with Crippen LogP contribution >= 0.6 is 0 Å². The minimum absolute atomic E-state index is 0.224. The molecule has 1 saturated heterocycles. The maximum absolute atomic E-state index is 12.2. The molecule has 12 heteroatoms. The molecule has 1 amide bonds. The SMILES string of the molecule is O=CCCOCCOCCOCCOCCOCCNC(=O)c1cnc(N2CCNCC2)nc1. The van der Waals surface area contributed by atoms with Crippen LogP contribution in [0, 0.1) is 0 Å². The molecule has 2 heterocycles. The van der Waals surface area contributed by atoms with Gasteiger partial charge in [-0.3, -0.25) is 4.79 Å². The van der Waals surface area contributed by atoms with Crippen molar-refractivity contribution in [3.05, 3.63) is 18.0 Å². The summed E-state index contributed by atoms with van der Waals surface area (Å²) in [5.41, 5.74) is 0.426. The fourth-order valence-electron chi connectivity index (χ4n) is 2.92. The number of anilines is 1. The average Bonchev–Trinajstić information content (AvgIpc) is 2.88. The van der Waals surface area contributed by atoms with Gasteiger partial charge in [0, 0.05) is 51.5 Å². The van der Waals surface area contributed by atoms with Crippen molar-refractivity contribution in [2.24, 2.45) is 0 Å². The molecule has 0 unspecified atom stereocenters. The van der Waals surface area contributed by atoms with Crippen molar-refractivity contribution in [1.29, 1.82) is 0 Å². The number of hydrogen-bond acceptors (Lipinski definition) is 11. The van der Waals surface area contributed by atoms with Gasteiger partial charge in [-0.15, -0.1) is 0 Å². The first-order valence-electron chi connectivity index (χ1n) is 11.7. The Bertz CT molecular complexity index is 660. The van der Waals surface area contributed by atoms with Gasteiger partial charge in [-0.1, -0.05) is 0 Å². The number of nitrogens with zero attached hydrogens (tertiary/aromatic N) is 3. The quantitative estimate of drug-likeness (QED) is 0.180. The molecule has 1 aromatic heterocycles. The lowest BCUT2D eigenvalue weighted by atomic mass is 10.3. The monoisotopic (exact) mass is 483 g/mol. The molecule has 0 bridgehead atoms. The summed E-state index contributed by atoms with van der Waals surface area (Å²) >= 11 is 0. The average molecular weight is 484 g/mol. The van der Waals surface area contributed by atoms with E-state index in [9.17, 15) is 9.59 Å². The molecule has 0 saturated carbocycles. The largest absolute Gasteiger partial charge is 0.379 e. The topological polar surface area (TPSA) is 133 Å². The number of hydrogen-bond donors (Lipinski definition) is 2. The molecule has 0 radical (unpaired) electrons. The molecule has 0 spiro atoms. The van der Waals surface area contributed by atoms with Gasteiger partial charge in [0.15, 0.2) is 0 Å². The van der Waals surface area contributed by atoms with E-state index in [1.165, 1.54) is 0 Å². The second-order valence-corrected chi connectivity index (χ2v) is 7.28. The lowest BCUT2D eigenvalue weighted by molar-refractivity contribution is -0.109. The number of amides is 1. The van der Waals surface area contributed by atoms with Crippen molar-refractivity contribution in [3.63, 3.8) is 0 Å². The number of rotatable bonds is 20. The van der Waals surface area contributed by atoms with Crippen LogP contribution < -0.4 is 15.5 Å². The fraction of sp³-hybridized carbons (Fsp3) is 0.727. The number of aromatic nitrogens is 2. The van der Waals surface area contributed by atoms with Gasteiger partial charge < -0.3 is 44.0 Å². The molecule has 1 aromatic rings. The van der Waals surface area contributed by atoms with E-state index in [0.717, 1.165) is 32.5 Å². The number of nitrogens with one attached hydrogen (secondary N) is 2. The third-order valence-corrected chi connectivity index (χ3v) is 4.70. The lowest BCUT2D eigenvalue weighted by Crippen LogP contribution is -2.44. The van der Waals surface area contributed by atoms with Crippen molar-refractivity contribution in [2.75, 3.05) is 104 Å². The number of aldehydes is 1. The van der Waals surface area contributed by atoms with Crippen LogP contribution in [0.5, 0.6) is 0 Å². The van der Waals surface area contributed by atoms with E-state index in [1.807, 2.05) is 0 Å². The summed E-state index contributed by atoms with van der Waals surface area (Å²) in [5.74, 6) is 0.423. The maximum atomic E-state index is 12.2. The molecular formula is C22H37N5O7. The Labute approximate surface area is 200 Å². The highest BCUT2D eigenvalue weighted by molar-refractivity contribution is 5.93. The molecule has 0 aliphatic carbocycles. The first kappa shape index (κ1) is 28.0. The molecule has 34 heavy (non-hydrogen) atoms.